The third-order valence-corrected chi connectivity index (χ3v) is 4.72. The number of ether oxygens (including phenoxy) is 1. The summed E-state index contributed by atoms with van der Waals surface area (Å²) in [7, 11) is 0. The van der Waals surface area contributed by atoms with Crippen molar-refractivity contribution in [1.29, 1.82) is 0 Å². The number of aromatic nitrogens is 2. The number of β-amino-alcohol motifs (C(OH)–C–C–N with tert-alkyl or cyclic N) is 1. The Kier molecular flexibility index (Phi) is 4.89. The number of nitrogens with zero attached hydrogens (tertiary/aromatic N) is 4. The van der Waals surface area contributed by atoms with Crippen molar-refractivity contribution < 1.29 is 14.6 Å². The fourth-order valence-electron chi connectivity index (χ4n) is 3.31. The third kappa shape index (κ3) is 4.04. The van der Waals surface area contributed by atoms with Gasteiger partial charge in [0.2, 0.25) is 5.91 Å². The van der Waals surface area contributed by atoms with E-state index >= 15 is 0 Å². The average Bonchev–Trinajstić information content (AvgIpc) is 2.56. The summed E-state index contributed by atoms with van der Waals surface area (Å²) in [5.41, 5.74) is 0.103. The van der Waals surface area contributed by atoms with Gasteiger partial charge in [-0.3, -0.25) is 19.7 Å². The minimum absolute atomic E-state index is 0.0844. The molecule has 0 bridgehead atoms. The van der Waals surface area contributed by atoms with Gasteiger partial charge in [-0.15, -0.1) is 0 Å². The smallest absolute Gasteiger partial charge is 0.219 e. The van der Waals surface area contributed by atoms with E-state index in [0.717, 1.165) is 12.2 Å². The molecule has 0 aliphatic carbocycles. The molecule has 2 saturated heterocycles. The zero-order valence-electron chi connectivity index (χ0n) is 13.5. The van der Waals surface area contributed by atoms with E-state index in [0.29, 0.717) is 45.6 Å². The molecule has 1 atom stereocenters. The predicted molar refractivity (Wildman–Crippen MR) is 83.6 cm³/mol. The maximum atomic E-state index is 11.4. The van der Waals surface area contributed by atoms with E-state index in [2.05, 4.69) is 14.9 Å². The fraction of sp³-hybridized carbons (Fsp3) is 0.688. The predicted octanol–water partition coefficient (Wildman–Crippen LogP) is 0.223. The summed E-state index contributed by atoms with van der Waals surface area (Å²) in [5, 5.41) is 10.8. The lowest BCUT2D eigenvalue weighted by atomic mass is 9.90. The number of likely N-dealkylation sites (tertiary alicyclic amines) is 1. The second kappa shape index (κ2) is 6.90. The van der Waals surface area contributed by atoms with E-state index in [9.17, 15) is 9.90 Å². The van der Waals surface area contributed by atoms with Crippen LogP contribution in [0, 0.1) is 0 Å². The molecule has 0 radical (unpaired) electrons. The highest BCUT2D eigenvalue weighted by Crippen LogP contribution is 2.26. The molecule has 7 nitrogen and oxygen atoms in total. The Morgan fingerprint density at radius 2 is 2.17 bits per heavy atom. The van der Waals surface area contributed by atoms with Crippen molar-refractivity contribution in [1.82, 2.24) is 19.8 Å². The summed E-state index contributed by atoms with van der Waals surface area (Å²) in [6.45, 7) is 5.58. The van der Waals surface area contributed by atoms with Gasteiger partial charge in [0.25, 0.3) is 0 Å². The van der Waals surface area contributed by atoms with Crippen LogP contribution in [0.1, 0.15) is 31.6 Å². The molecule has 2 aliphatic heterocycles. The first-order chi connectivity index (χ1) is 11.1. The lowest BCUT2D eigenvalue weighted by molar-refractivity contribution is -0.134. The molecule has 0 saturated carbocycles. The van der Waals surface area contributed by atoms with Crippen LogP contribution >= 0.6 is 0 Å². The lowest BCUT2D eigenvalue weighted by Crippen LogP contribution is -2.53. The van der Waals surface area contributed by atoms with Crippen LogP contribution in [0.5, 0.6) is 0 Å². The number of carbonyl (C=O) groups excluding carboxylic acids is 1. The molecule has 3 rings (SSSR count). The average molecular weight is 320 g/mol. The van der Waals surface area contributed by atoms with Crippen LogP contribution in [0.2, 0.25) is 0 Å². The topological polar surface area (TPSA) is 78.8 Å². The Hall–Kier alpha value is -1.57. The summed E-state index contributed by atoms with van der Waals surface area (Å²) in [5.74, 6) is 0.0844. The highest BCUT2D eigenvalue weighted by molar-refractivity contribution is 5.73. The van der Waals surface area contributed by atoms with Crippen LogP contribution in [-0.2, 0) is 9.53 Å². The molecular formula is C16H24N4O3. The molecule has 2 fully saturated rings. The van der Waals surface area contributed by atoms with Gasteiger partial charge in [0.05, 0.1) is 24.1 Å². The van der Waals surface area contributed by atoms with Crippen LogP contribution in [0.25, 0.3) is 0 Å². The van der Waals surface area contributed by atoms with Gasteiger partial charge in [0.1, 0.15) is 6.10 Å². The van der Waals surface area contributed by atoms with Gasteiger partial charge in [-0.25, -0.2) is 0 Å². The molecule has 126 valence electrons. The molecular weight excluding hydrogens is 296 g/mol. The molecule has 2 aliphatic rings. The molecule has 7 heteroatoms. The summed E-state index contributed by atoms with van der Waals surface area (Å²) in [6, 6.07) is 0. The quantitative estimate of drug-likeness (QED) is 0.858. The number of hydrogen-bond donors (Lipinski definition) is 1. The zero-order chi connectivity index (χ0) is 16.3. The number of piperidine rings is 1. The standard InChI is InChI=1S/C16H24N4O3/c1-13(21)20-6-2-16(22,3-7-20)12-19-8-9-23-15(11-19)14-10-17-4-5-18-14/h4-5,10,15,22H,2-3,6-9,11-12H2,1H3. The lowest BCUT2D eigenvalue weighted by Gasteiger charge is -2.42. The first kappa shape index (κ1) is 16.3. The Balaban J connectivity index is 1.56. The van der Waals surface area contributed by atoms with Gasteiger partial charge >= 0.3 is 0 Å². The SMILES string of the molecule is CC(=O)N1CCC(O)(CN2CCOC(c3cnccn3)C2)CC1. The van der Waals surface area contributed by atoms with Gasteiger partial charge in [0, 0.05) is 52.0 Å². The van der Waals surface area contributed by atoms with Crippen molar-refractivity contribution in [2.45, 2.75) is 31.5 Å². The Bertz CT molecular complexity index is 531. The van der Waals surface area contributed by atoms with Crippen LogP contribution in [0.15, 0.2) is 18.6 Å². The minimum Gasteiger partial charge on any atom is -0.388 e. The van der Waals surface area contributed by atoms with Crippen molar-refractivity contribution in [3.63, 3.8) is 0 Å². The van der Waals surface area contributed by atoms with Crippen molar-refractivity contribution in [3.8, 4) is 0 Å². The van der Waals surface area contributed by atoms with E-state index in [1.54, 1.807) is 30.4 Å². The van der Waals surface area contributed by atoms with E-state index in [-0.39, 0.29) is 12.0 Å². The molecule has 1 unspecified atom stereocenters. The van der Waals surface area contributed by atoms with Crippen molar-refractivity contribution in [2.75, 3.05) is 39.3 Å². The molecule has 0 aromatic carbocycles. The fourth-order valence-corrected chi connectivity index (χ4v) is 3.31. The van der Waals surface area contributed by atoms with Crippen molar-refractivity contribution in [2.24, 2.45) is 0 Å². The largest absolute Gasteiger partial charge is 0.388 e. The van der Waals surface area contributed by atoms with Gasteiger partial charge < -0.3 is 14.7 Å². The second-order valence-electron chi connectivity index (χ2n) is 6.46. The Labute approximate surface area is 136 Å². The van der Waals surface area contributed by atoms with Crippen LogP contribution in [0.4, 0.5) is 0 Å². The molecule has 1 aromatic heterocycles. The van der Waals surface area contributed by atoms with Gasteiger partial charge in [0.15, 0.2) is 0 Å². The second-order valence-corrected chi connectivity index (χ2v) is 6.46. The maximum Gasteiger partial charge on any atom is 0.219 e. The number of carbonyl (C=O) groups is 1. The Morgan fingerprint density at radius 3 is 2.83 bits per heavy atom. The summed E-state index contributed by atoms with van der Waals surface area (Å²) >= 11 is 0. The molecule has 3 heterocycles. The van der Waals surface area contributed by atoms with Gasteiger partial charge in [-0.1, -0.05) is 0 Å². The number of hydrogen-bond acceptors (Lipinski definition) is 6. The highest BCUT2D eigenvalue weighted by atomic mass is 16.5. The summed E-state index contributed by atoms with van der Waals surface area (Å²) in [6.07, 6.45) is 6.20. The molecule has 1 N–H and O–H groups in total. The Morgan fingerprint density at radius 1 is 1.39 bits per heavy atom. The highest BCUT2D eigenvalue weighted by Gasteiger charge is 2.36. The van der Waals surface area contributed by atoms with E-state index < -0.39 is 5.60 Å². The van der Waals surface area contributed by atoms with Crippen LogP contribution in [-0.4, -0.2) is 75.7 Å². The number of aliphatic hydroxyl groups is 1. The first-order valence-electron chi connectivity index (χ1n) is 8.13. The normalized spacial score (nSPS) is 25.3. The van der Waals surface area contributed by atoms with Gasteiger partial charge in [-0.2, -0.15) is 0 Å². The zero-order valence-corrected chi connectivity index (χ0v) is 13.5. The van der Waals surface area contributed by atoms with E-state index in [1.165, 1.54) is 0 Å². The third-order valence-electron chi connectivity index (χ3n) is 4.72. The summed E-state index contributed by atoms with van der Waals surface area (Å²) < 4.78 is 5.79. The maximum absolute atomic E-state index is 11.4. The van der Waals surface area contributed by atoms with Gasteiger partial charge in [-0.05, 0) is 12.8 Å². The van der Waals surface area contributed by atoms with Crippen LogP contribution in [0.3, 0.4) is 0 Å². The monoisotopic (exact) mass is 320 g/mol. The number of amides is 1. The first-order valence-corrected chi connectivity index (χ1v) is 8.13. The molecule has 0 spiro atoms. The molecule has 23 heavy (non-hydrogen) atoms. The molecule has 1 aromatic rings. The molecule has 1 amide bonds. The van der Waals surface area contributed by atoms with E-state index in [1.807, 2.05) is 0 Å². The minimum atomic E-state index is -0.726. The van der Waals surface area contributed by atoms with Crippen molar-refractivity contribution in [3.05, 3.63) is 24.3 Å². The summed E-state index contributed by atoms with van der Waals surface area (Å²) in [4.78, 5) is 23.8. The van der Waals surface area contributed by atoms with Crippen molar-refractivity contribution >= 4 is 5.91 Å². The van der Waals surface area contributed by atoms with E-state index in [4.69, 9.17) is 4.74 Å². The number of rotatable bonds is 3. The van der Waals surface area contributed by atoms with Crippen LogP contribution < -0.4 is 0 Å². The number of morpholine rings is 1.